The lowest BCUT2D eigenvalue weighted by molar-refractivity contribution is -0.595. The van der Waals surface area contributed by atoms with Crippen molar-refractivity contribution in [1.29, 1.82) is 0 Å². The Morgan fingerprint density at radius 3 is 2.35 bits per heavy atom. The number of aromatic nitrogens is 1. The molecular weight excluding hydrogens is 250 g/mol. The van der Waals surface area contributed by atoms with Gasteiger partial charge in [0.15, 0.2) is 12.4 Å². The van der Waals surface area contributed by atoms with Gasteiger partial charge < -0.3 is 10.6 Å². The summed E-state index contributed by atoms with van der Waals surface area (Å²) in [5.41, 5.74) is 8.01. The molecule has 0 aliphatic rings. The van der Waals surface area contributed by atoms with Gasteiger partial charge in [-0.05, 0) is 32.0 Å². The quantitative estimate of drug-likeness (QED) is 0.844. The van der Waals surface area contributed by atoms with Gasteiger partial charge >= 0.3 is 0 Å². The van der Waals surface area contributed by atoms with Gasteiger partial charge in [-0.2, -0.15) is 4.57 Å². The molecule has 0 fully saturated rings. The summed E-state index contributed by atoms with van der Waals surface area (Å²) in [4.78, 5) is 13.5. The van der Waals surface area contributed by atoms with Crippen LogP contribution in [0, 0.1) is 0 Å². The van der Waals surface area contributed by atoms with E-state index in [1.807, 2.05) is 29.0 Å². The Labute approximate surface area is 119 Å². The molecule has 0 saturated carbocycles. The second-order valence-electron chi connectivity index (χ2n) is 4.55. The van der Waals surface area contributed by atoms with Crippen LogP contribution in [0.1, 0.15) is 24.2 Å². The normalized spacial score (nSPS) is 10.3. The third-order valence-corrected chi connectivity index (χ3v) is 3.36. The van der Waals surface area contributed by atoms with E-state index in [-0.39, 0.29) is 0 Å². The van der Waals surface area contributed by atoms with E-state index in [1.165, 1.54) is 5.69 Å². The molecule has 2 N–H and O–H groups in total. The van der Waals surface area contributed by atoms with Crippen molar-refractivity contribution in [3.05, 3.63) is 54.4 Å². The number of hydrogen-bond acceptors (Lipinski definition) is 2. The molecule has 0 unspecified atom stereocenters. The number of benzene rings is 1. The zero-order chi connectivity index (χ0) is 14.5. The molecular formula is C16H20N3O+. The van der Waals surface area contributed by atoms with Crippen molar-refractivity contribution in [1.82, 2.24) is 0 Å². The van der Waals surface area contributed by atoms with E-state index in [9.17, 15) is 4.79 Å². The summed E-state index contributed by atoms with van der Waals surface area (Å²) in [5.74, 6) is -0.417. The molecule has 0 saturated heterocycles. The fourth-order valence-electron chi connectivity index (χ4n) is 2.21. The van der Waals surface area contributed by atoms with Crippen molar-refractivity contribution in [2.45, 2.75) is 13.8 Å². The van der Waals surface area contributed by atoms with Crippen LogP contribution >= 0.6 is 0 Å². The zero-order valence-corrected chi connectivity index (χ0v) is 11.9. The Balaban J connectivity index is 2.30. The molecule has 0 aliphatic carbocycles. The van der Waals surface area contributed by atoms with Gasteiger partial charge in [-0.3, -0.25) is 4.79 Å². The molecule has 0 bridgehead atoms. The van der Waals surface area contributed by atoms with Crippen molar-refractivity contribution in [3.63, 3.8) is 0 Å². The second-order valence-corrected chi connectivity index (χ2v) is 4.55. The Bertz CT molecular complexity index is 589. The topological polar surface area (TPSA) is 50.2 Å². The number of primary amides is 1. The molecule has 0 radical (unpaired) electrons. The number of carbonyl (C=O) groups excluding carboxylic acids is 1. The van der Waals surface area contributed by atoms with Crippen LogP contribution in [-0.2, 0) is 0 Å². The molecule has 1 amide bonds. The summed E-state index contributed by atoms with van der Waals surface area (Å²) in [7, 11) is 0. The average molecular weight is 270 g/mol. The largest absolute Gasteiger partial charge is 0.372 e. The van der Waals surface area contributed by atoms with Gasteiger partial charge in [-0.1, -0.05) is 0 Å². The van der Waals surface area contributed by atoms with Crippen molar-refractivity contribution < 1.29 is 9.36 Å². The van der Waals surface area contributed by atoms with Gasteiger partial charge in [0.25, 0.3) is 5.91 Å². The van der Waals surface area contributed by atoms with Crippen LogP contribution in [0.25, 0.3) is 5.69 Å². The number of nitrogens with zero attached hydrogens (tertiary/aromatic N) is 2. The van der Waals surface area contributed by atoms with E-state index in [4.69, 9.17) is 5.73 Å². The van der Waals surface area contributed by atoms with Gasteiger partial charge in [0, 0.05) is 37.0 Å². The summed E-state index contributed by atoms with van der Waals surface area (Å²) in [5, 5.41) is 0. The first kappa shape index (κ1) is 14.1. The summed E-state index contributed by atoms with van der Waals surface area (Å²) >= 11 is 0. The fourth-order valence-corrected chi connectivity index (χ4v) is 2.21. The molecule has 1 heterocycles. The van der Waals surface area contributed by atoms with E-state index in [0.29, 0.717) is 5.56 Å². The first-order valence-corrected chi connectivity index (χ1v) is 6.82. The number of carbonyl (C=O) groups is 1. The van der Waals surface area contributed by atoms with Gasteiger partial charge in [0.1, 0.15) is 5.56 Å². The Morgan fingerprint density at radius 1 is 1.15 bits per heavy atom. The molecule has 20 heavy (non-hydrogen) atoms. The molecule has 4 nitrogen and oxygen atoms in total. The van der Waals surface area contributed by atoms with Crippen molar-refractivity contribution in [2.75, 3.05) is 18.0 Å². The first-order valence-electron chi connectivity index (χ1n) is 6.82. The molecule has 2 rings (SSSR count). The third-order valence-electron chi connectivity index (χ3n) is 3.36. The summed E-state index contributed by atoms with van der Waals surface area (Å²) in [6, 6.07) is 11.8. The second kappa shape index (κ2) is 6.19. The average Bonchev–Trinajstić information content (AvgIpc) is 2.49. The number of rotatable bonds is 5. The molecule has 1 aromatic heterocycles. The highest BCUT2D eigenvalue weighted by Gasteiger charge is 2.10. The number of nitrogens with two attached hydrogens (primary N) is 1. The molecule has 104 valence electrons. The van der Waals surface area contributed by atoms with Gasteiger partial charge in [-0.15, -0.1) is 0 Å². The maximum absolute atomic E-state index is 11.2. The number of hydrogen-bond donors (Lipinski definition) is 1. The predicted molar refractivity (Wildman–Crippen MR) is 80.1 cm³/mol. The highest BCUT2D eigenvalue weighted by Crippen LogP contribution is 2.14. The van der Waals surface area contributed by atoms with E-state index in [0.717, 1.165) is 18.8 Å². The lowest BCUT2D eigenvalue weighted by atomic mass is 10.2. The van der Waals surface area contributed by atoms with Crippen molar-refractivity contribution >= 4 is 11.6 Å². The summed E-state index contributed by atoms with van der Waals surface area (Å²) in [6.07, 6.45) is 3.65. The highest BCUT2D eigenvalue weighted by atomic mass is 16.1. The Kier molecular flexibility index (Phi) is 4.35. The number of anilines is 1. The van der Waals surface area contributed by atoms with Crippen LogP contribution in [-0.4, -0.2) is 19.0 Å². The standard InChI is InChI=1S/C16H19N3O/c1-3-18(4-2)14-7-9-15(10-8-14)19-11-5-6-13(12-19)16(17)20/h5-12H,3-4H2,1-2H3,(H-,17,20)/p+1. The minimum Gasteiger partial charge on any atom is -0.372 e. The van der Waals surface area contributed by atoms with E-state index >= 15 is 0 Å². The van der Waals surface area contributed by atoms with Crippen LogP contribution in [0.15, 0.2) is 48.8 Å². The smallest absolute Gasteiger partial charge is 0.254 e. The Morgan fingerprint density at radius 2 is 1.80 bits per heavy atom. The predicted octanol–water partition coefficient (Wildman–Crippen LogP) is 1.91. The molecule has 0 spiro atoms. The maximum atomic E-state index is 11.2. The van der Waals surface area contributed by atoms with Crippen molar-refractivity contribution in [3.8, 4) is 5.69 Å². The minimum absolute atomic E-state index is 0.417. The van der Waals surface area contributed by atoms with Crippen LogP contribution in [0.5, 0.6) is 0 Å². The van der Waals surface area contributed by atoms with E-state index in [1.54, 1.807) is 12.3 Å². The minimum atomic E-state index is -0.417. The highest BCUT2D eigenvalue weighted by molar-refractivity contribution is 5.92. The van der Waals surface area contributed by atoms with E-state index in [2.05, 4.69) is 30.9 Å². The summed E-state index contributed by atoms with van der Waals surface area (Å²) in [6.45, 7) is 6.26. The van der Waals surface area contributed by atoms with Crippen LogP contribution in [0.4, 0.5) is 5.69 Å². The third kappa shape index (κ3) is 2.96. The van der Waals surface area contributed by atoms with Gasteiger partial charge in [0.05, 0.1) is 0 Å². The van der Waals surface area contributed by atoms with Crippen LogP contribution in [0.3, 0.4) is 0 Å². The van der Waals surface area contributed by atoms with Crippen LogP contribution < -0.4 is 15.2 Å². The molecule has 0 aliphatic heterocycles. The zero-order valence-electron chi connectivity index (χ0n) is 11.9. The number of amides is 1. The van der Waals surface area contributed by atoms with E-state index < -0.39 is 5.91 Å². The molecule has 0 atom stereocenters. The first-order chi connectivity index (χ1) is 9.65. The summed E-state index contributed by atoms with van der Waals surface area (Å²) < 4.78 is 1.89. The van der Waals surface area contributed by atoms with Gasteiger partial charge in [0.2, 0.25) is 5.69 Å². The molecule has 1 aromatic carbocycles. The monoisotopic (exact) mass is 270 g/mol. The molecule has 2 aromatic rings. The SMILES string of the molecule is CCN(CC)c1ccc(-[n+]2cccc(C(N)=O)c2)cc1. The van der Waals surface area contributed by atoms with Crippen LogP contribution in [0.2, 0.25) is 0 Å². The number of pyridine rings is 1. The fraction of sp³-hybridized carbons (Fsp3) is 0.250. The van der Waals surface area contributed by atoms with Crippen molar-refractivity contribution in [2.24, 2.45) is 5.73 Å². The maximum Gasteiger partial charge on any atom is 0.254 e. The van der Waals surface area contributed by atoms with Gasteiger partial charge in [-0.25, -0.2) is 0 Å². The molecule has 4 heteroatoms. The lowest BCUT2D eigenvalue weighted by Gasteiger charge is -2.20. The lowest BCUT2D eigenvalue weighted by Crippen LogP contribution is -2.31. The Hall–Kier alpha value is -2.36.